The van der Waals surface area contributed by atoms with E-state index in [4.69, 9.17) is 10.5 Å². The maximum atomic E-state index is 12.7. The van der Waals surface area contributed by atoms with E-state index in [0.29, 0.717) is 29.7 Å². The average Bonchev–Trinajstić information content (AvgIpc) is 2.64. The molecule has 3 N–H and O–H groups in total. The van der Waals surface area contributed by atoms with Gasteiger partial charge in [0.1, 0.15) is 6.61 Å². The third-order valence-electron chi connectivity index (χ3n) is 4.71. The van der Waals surface area contributed by atoms with E-state index < -0.39 is 5.56 Å². The normalized spacial score (nSPS) is 11.6. The predicted molar refractivity (Wildman–Crippen MR) is 117 cm³/mol. The van der Waals surface area contributed by atoms with Gasteiger partial charge in [-0.3, -0.25) is 4.79 Å². The van der Waals surface area contributed by atoms with E-state index in [1.54, 1.807) is 22.8 Å². The van der Waals surface area contributed by atoms with Crippen LogP contribution in [0.2, 0.25) is 0 Å². The summed E-state index contributed by atoms with van der Waals surface area (Å²) < 4.78 is 7.41. The molecular formula is C23H32N2O3. The Balaban J connectivity index is 2.31. The van der Waals surface area contributed by atoms with E-state index in [-0.39, 0.29) is 11.5 Å². The van der Waals surface area contributed by atoms with Crippen molar-refractivity contribution in [2.75, 3.05) is 12.3 Å². The minimum Gasteiger partial charge on any atom is -0.500 e. The third kappa shape index (κ3) is 5.41. The molecule has 0 radical (unpaired) electrons. The van der Waals surface area contributed by atoms with Gasteiger partial charge in [0.05, 0.1) is 5.52 Å². The fourth-order valence-corrected chi connectivity index (χ4v) is 3.07. The van der Waals surface area contributed by atoms with Crippen molar-refractivity contribution in [3.8, 4) is 11.5 Å². The Bertz CT molecular complexity index is 935. The zero-order valence-corrected chi connectivity index (χ0v) is 17.4. The summed E-state index contributed by atoms with van der Waals surface area (Å²) in [5.74, 6) is -0.120. The molecule has 5 nitrogen and oxygen atoms in total. The van der Waals surface area contributed by atoms with Gasteiger partial charge in [0.25, 0.3) is 5.56 Å². The van der Waals surface area contributed by atoms with Crippen molar-refractivity contribution in [2.45, 2.75) is 59.9 Å². The van der Waals surface area contributed by atoms with Crippen LogP contribution >= 0.6 is 0 Å². The maximum absolute atomic E-state index is 12.7. The molecule has 1 heterocycles. The van der Waals surface area contributed by atoms with Crippen molar-refractivity contribution in [1.29, 1.82) is 0 Å². The molecule has 0 unspecified atom stereocenters. The van der Waals surface area contributed by atoms with Crippen LogP contribution in [0.15, 0.2) is 46.3 Å². The molecule has 2 aromatic rings. The molecule has 0 bridgehead atoms. The van der Waals surface area contributed by atoms with E-state index >= 15 is 0 Å². The van der Waals surface area contributed by atoms with Crippen LogP contribution in [-0.4, -0.2) is 16.3 Å². The number of aryl methyl sites for hydroxylation is 1. The highest BCUT2D eigenvalue weighted by molar-refractivity contribution is 5.89. The van der Waals surface area contributed by atoms with Crippen molar-refractivity contribution in [3.63, 3.8) is 0 Å². The van der Waals surface area contributed by atoms with Gasteiger partial charge in [-0.2, -0.15) is 0 Å². The lowest BCUT2D eigenvalue weighted by Crippen LogP contribution is -2.21. The molecule has 28 heavy (non-hydrogen) atoms. The zero-order chi connectivity index (χ0) is 20.7. The van der Waals surface area contributed by atoms with Crippen LogP contribution in [0.25, 0.3) is 10.9 Å². The Hall–Kier alpha value is -2.69. The number of benzene rings is 1. The summed E-state index contributed by atoms with van der Waals surface area (Å²) in [5, 5.41) is 11.2. The summed E-state index contributed by atoms with van der Waals surface area (Å²) in [6, 6.07) is 5.32. The minimum atomic E-state index is -0.439. The van der Waals surface area contributed by atoms with Crippen LogP contribution in [-0.2, 0) is 6.54 Å². The van der Waals surface area contributed by atoms with Crippen LogP contribution in [0.3, 0.4) is 0 Å². The number of unbranched alkanes of at least 4 members (excludes halogenated alkanes) is 1. The number of aromatic hydroxyl groups is 1. The lowest BCUT2D eigenvalue weighted by Gasteiger charge is -2.16. The number of fused-ring (bicyclic) bond motifs is 1. The number of pyridine rings is 1. The first kappa shape index (κ1) is 21.6. The topological polar surface area (TPSA) is 77.5 Å². The largest absolute Gasteiger partial charge is 0.500 e. The number of ether oxygens (including phenoxy) is 1. The smallest absolute Gasteiger partial charge is 0.297 e. The van der Waals surface area contributed by atoms with E-state index in [9.17, 15) is 9.90 Å². The van der Waals surface area contributed by atoms with E-state index in [0.717, 1.165) is 25.7 Å². The fourth-order valence-electron chi connectivity index (χ4n) is 3.07. The van der Waals surface area contributed by atoms with E-state index in [1.807, 2.05) is 6.08 Å². The quantitative estimate of drug-likeness (QED) is 0.462. The summed E-state index contributed by atoms with van der Waals surface area (Å²) in [4.78, 5) is 12.7. The average molecular weight is 385 g/mol. The van der Waals surface area contributed by atoms with Gasteiger partial charge in [-0.05, 0) is 64.3 Å². The summed E-state index contributed by atoms with van der Waals surface area (Å²) >= 11 is 0. The number of nitrogens with zero attached hydrogens (tertiary/aromatic N) is 1. The van der Waals surface area contributed by atoms with Gasteiger partial charge in [0.15, 0.2) is 5.75 Å². The summed E-state index contributed by atoms with van der Waals surface area (Å²) in [5.41, 5.74) is 9.28. The van der Waals surface area contributed by atoms with Gasteiger partial charge < -0.3 is 20.1 Å². The van der Waals surface area contributed by atoms with Crippen LogP contribution in [0.4, 0.5) is 5.69 Å². The number of hydrogen-bond acceptors (Lipinski definition) is 4. The molecule has 5 heteroatoms. The standard InChI is InChI=1S/C23H32N2O3/c1-5-6-13-25-20-15-18(24)10-11-19(20)22(21(26)23(25)27)28-14-12-17(4)9-7-8-16(2)3/h8,10-12,15,26H,5-7,9,13-14,24H2,1-4H3/b17-12+. The van der Waals surface area contributed by atoms with Crippen molar-refractivity contribution < 1.29 is 9.84 Å². The Labute approximate surface area is 167 Å². The molecule has 0 aliphatic heterocycles. The van der Waals surface area contributed by atoms with Gasteiger partial charge in [-0.25, -0.2) is 0 Å². The number of anilines is 1. The van der Waals surface area contributed by atoms with E-state index in [1.165, 1.54) is 11.1 Å². The molecule has 1 aromatic carbocycles. The van der Waals surface area contributed by atoms with Crippen LogP contribution in [0.1, 0.15) is 53.4 Å². The van der Waals surface area contributed by atoms with Crippen molar-refractivity contribution in [3.05, 3.63) is 51.9 Å². The molecule has 152 valence electrons. The minimum absolute atomic E-state index is 0.223. The number of hydrogen-bond donors (Lipinski definition) is 2. The Kier molecular flexibility index (Phi) is 7.73. The number of allylic oxidation sites excluding steroid dienone is 3. The summed E-state index contributed by atoms with van der Waals surface area (Å²) in [6.07, 6.45) is 7.94. The molecule has 0 saturated heterocycles. The van der Waals surface area contributed by atoms with Crippen molar-refractivity contribution in [2.24, 2.45) is 0 Å². The van der Waals surface area contributed by atoms with Gasteiger partial charge in [0, 0.05) is 17.6 Å². The highest BCUT2D eigenvalue weighted by atomic mass is 16.5. The molecule has 0 fully saturated rings. The number of nitrogen functional groups attached to an aromatic ring is 1. The van der Waals surface area contributed by atoms with Gasteiger partial charge >= 0.3 is 0 Å². The highest BCUT2D eigenvalue weighted by Crippen LogP contribution is 2.33. The highest BCUT2D eigenvalue weighted by Gasteiger charge is 2.17. The Morgan fingerprint density at radius 2 is 2.00 bits per heavy atom. The molecular weight excluding hydrogens is 352 g/mol. The molecule has 2 rings (SSSR count). The Morgan fingerprint density at radius 1 is 1.25 bits per heavy atom. The molecule has 1 aromatic heterocycles. The summed E-state index contributed by atoms with van der Waals surface area (Å²) in [7, 11) is 0. The first-order valence-electron chi connectivity index (χ1n) is 9.92. The second kappa shape index (κ2) is 10.0. The SMILES string of the molecule is CCCCn1c(=O)c(O)c(OC/C=C(\C)CCC=C(C)C)c2ccc(N)cc21. The molecule has 0 aliphatic carbocycles. The second-order valence-electron chi connectivity index (χ2n) is 7.45. The molecule has 0 aliphatic rings. The van der Waals surface area contributed by atoms with Crippen LogP contribution in [0, 0.1) is 0 Å². The predicted octanol–water partition coefficient (Wildman–Crippen LogP) is 5.16. The van der Waals surface area contributed by atoms with E-state index in [2.05, 4.69) is 33.8 Å². The number of rotatable bonds is 9. The van der Waals surface area contributed by atoms with Gasteiger partial charge in [-0.1, -0.05) is 30.6 Å². The van der Waals surface area contributed by atoms with Crippen molar-refractivity contribution >= 4 is 16.6 Å². The lowest BCUT2D eigenvalue weighted by atomic mass is 10.1. The zero-order valence-electron chi connectivity index (χ0n) is 17.4. The molecule has 0 saturated carbocycles. The van der Waals surface area contributed by atoms with Gasteiger partial charge in [0.2, 0.25) is 5.75 Å². The second-order valence-corrected chi connectivity index (χ2v) is 7.45. The van der Waals surface area contributed by atoms with Crippen molar-refractivity contribution in [1.82, 2.24) is 4.57 Å². The molecule has 0 atom stereocenters. The number of aromatic nitrogens is 1. The van der Waals surface area contributed by atoms with Gasteiger partial charge in [-0.15, -0.1) is 0 Å². The van der Waals surface area contributed by atoms with Crippen LogP contribution < -0.4 is 16.0 Å². The fraction of sp³-hybridized carbons (Fsp3) is 0.435. The molecule has 0 amide bonds. The third-order valence-corrected chi connectivity index (χ3v) is 4.71. The Morgan fingerprint density at radius 3 is 2.68 bits per heavy atom. The lowest BCUT2D eigenvalue weighted by molar-refractivity contribution is 0.335. The first-order valence-corrected chi connectivity index (χ1v) is 9.92. The maximum Gasteiger partial charge on any atom is 0.297 e. The first-order chi connectivity index (χ1) is 13.3. The summed E-state index contributed by atoms with van der Waals surface area (Å²) in [6.45, 7) is 9.13. The number of nitrogens with two attached hydrogens (primary N) is 1. The molecule has 0 spiro atoms. The van der Waals surface area contributed by atoms with Crippen LogP contribution in [0.5, 0.6) is 11.5 Å². The monoisotopic (exact) mass is 384 g/mol.